The van der Waals surface area contributed by atoms with E-state index in [1.54, 1.807) is 6.07 Å². The summed E-state index contributed by atoms with van der Waals surface area (Å²) in [6.45, 7) is -0.122. The van der Waals surface area contributed by atoms with Crippen LogP contribution in [0.3, 0.4) is 0 Å². The Labute approximate surface area is 103 Å². The second-order valence-electron chi connectivity index (χ2n) is 3.59. The lowest BCUT2D eigenvalue weighted by molar-refractivity contribution is -0.139. The molecule has 0 heterocycles. The van der Waals surface area contributed by atoms with Gasteiger partial charge in [0.05, 0.1) is 25.2 Å². The van der Waals surface area contributed by atoms with Gasteiger partial charge in [0.2, 0.25) is 0 Å². The average Bonchev–Trinajstić information content (AvgIpc) is 2.36. The van der Waals surface area contributed by atoms with Crippen LogP contribution in [0.1, 0.15) is 28.7 Å². The highest BCUT2D eigenvalue weighted by Crippen LogP contribution is 2.28. The van der Waals surface area contributed by atoms with Gasteiger partial charge in [-0.15, -0.1) is 0 Å². The zero-order valence-electron chi connectivity index (χ0n) is 9.74. The average molecular weight is 254 g/mol. The maximum absolute atomic E-state index is 12.8. The number of methoxy groups -OCH3 is 1. The van der Waals surface area contributed by atoms with Crippen molar-refractivity contribution in [2.45, 2.75) is 19.4 Å². The Hall–Kier alpha value is -2.00. The van der Waals surface area contributed by atoms with Gasteiger partial charge in [0.15, 0.2) is 0 Å². The minimum atomic E-state index is -2.77. The molecule has 96 valence electrons. The van der Waals surface area contributed by atoms with Crippen molar-refractivity contribution in [3.05, 3.63) is 34.4 Å². The number of ether oxygens (including phenoxy) is 1. The zero-order chi connectivity index (χ0) is 13.7. The fourth-order valence-corrected chi connectivity index (χ4v) is 1.64. The molecular formula is C12H12F2N2O2. The molecule has 0 radical (unpaired) electrons. The molecular weight excluding hydrogens is 242 g/mol. The number of esters is 1. The third-order valence-corrected chi connectivity index (χ3v) is 2.46. The highest BCUT2D eigenvalue weighted by atomic mass is 19.3. The number of nitriles is 1. The number of carbonyl (C=O) groups excluding carboxylic acids is 1. The normalized spacial score (nSPS) is 10.2. The molecule has 18 heavy (non-hydrogen) atoms. The summed E-state index contributed by atoms with van der Waals surface area (Å²) in [5, 5.41) is 8.86. The van der Waals surface area contributed by atoms with E-state index in [1.165, 1.54) is 19.2 Å². The standard InChI is InChI=1S/C12H12F2N2O2/c1-18-10(17)4-7-2-8(5-15)11(12(13)14)9(3-7)6-16/h2-3,12H,4-5,15H2,1H3. The lowest BCUT2D eigenvalue weighted by Crippen LogP contribution is -2.09. The summed E-state index contributed by atoms with van der Waals surface area (Å²) in [7, 11) is 1.23. The van der Waals surface area contributed by atoms with E-state index in [2.05, 4.69) is 4.74 Å². The maximum Gasteiger partial charge on any atom is 0.309 e. The van der Waals surface area contributed by atoms with Crippen LogP contribution in [0.25, 0.3) is 0 Å². The first kappa shape index (κ1) is 14.1. The second-order valence-corrected chi connectivity index (χ2v) is 3.59. The lowest BCUT2D eigenvalue weighted by atomic mass is 9.97. The van der Waals surface area contributed by atoms with Crippen LogP contribution in [0.2, 0.25) is 0 Å². The first-order valence-corrected chi connectivity index (χ1v) is 5.14. The van der Waals surface area contributed by atoms with Crippen LogP contribution in [0.5, 0.6) is 0 Å². The maximum atomic E-state index is 12.8. The van der Waals surface area contributed by atoms with Gasteiger partial charge in [-0.2, -0.15) is 5.26 Å². The van der Waals surface area contributed by atoms with Gasteiger partial charge >= 0.3 is 5.97 Å². The monoisotopic (exact) mass is 254 g/mol. The number of rotatable bonds is 4. The topological polar surface area (TPSA) is 76.1 Å². The summed E-state index contributed by atoms with van der Waals surface area (Å²) in [5.74, 6) is -0.508. The summed E-state index contributed by atoms with van der Waals surface area (Å²) in [5.41, 5.74) is 5.46. The number of alkyl halides is 2. The van der Waals surface area contributed by atoms with Crippen molar-refractivity contribution in [1.82, 2.24) is 0 Å². The van der Waals surface area contributed by atoms with Gasteiger partial charge < -0.3 is 10.5 Å². The van der Waals surface area contributed by atoms with E-state index < -0.39 is 12.4 Å². The van der Waals surface area contributed by atoms with Crippen LogP contribution >= 0.6 is 0 Å². The zero-order valence-corrected chi connectivity index (χ0v) is 9.74. The van der Waals surface area contributed by atoms with E-state index in [9.17, 15) is 13.6 Å². The van der Waals surface area contributed by atoms with Gasteiger partial charge in [-0.3, -0.25) is 4.79 Å². The molecule has 0 saturated heterocycles. The molecule has 1 aromatic carbocycles. The van der Waals surface area contributed by atoms with E-state index in [0.717, 1.165) is 0 Å². The molecule has 1 aromatic rings. The molecule has 0 aliphatic heterocycles. The van der Waals surface area contributed by atoms with Crippen LogP contribution < -0.4 is 5.73 Å². The van der Waals surface area contributed by atoms with Crippen LogP contribution in [-0.4, -0.2) is 13.1 Å². The first-order valence-electron chi connectivity index (χ1n) is 5.14. The molecule has 6 heteroatoms. The Morgan fingerprint density at radius 1 is 1.56 bits per heavy atom. The molecule has 0 aliphatic rings. The summed E-state index contributed by atoms with van der Waals surface area (Å²) >= 11 is 0. The predicted octanol–water partition coefficient (Wildman–Crippen LogP) is 1.67. The molecule has 2 N–H and O–H groups in total. The molecule has 0 saturated carbocycles. The third kappa shape index (κ3) is 3.02. The van der Waals surface area contributed by atoms with Crippen molar-refractivity contribution < 1.29 is 18.3 Å². The molecule has 0 bridgehead atoms. The second kappa shape index (κ2) is 6.07. The number of hydrogen-bond acceptors (Lipinski definition) is 4. The highest BCUT2D eigenvalue weighted by molar-refractivity contribution is 5.72. The van der Waals surface area contributed by atoms with Crippen LogP contribution in [-0.2, 0) is 22.5 Å². The number of halogens is 2. The Balaban J connectivity index is 3.27. The van der Waals surface area contributed by atoms with E-state index in [-0.39, 0.29) is 29.7 Å². The Kier molecular flexibility index (Phi) is 4.75. The van der Waals surface area contributed by atoms with Crippen molar-refractivity contribution >= 4 is 5.97 Å². The Morgan fingerprint density at radius 3 is 2.67 bits per heavy atom. The molecule has 1 rings (SSSR count). The minimum absolute atomic E-state index is 0.0816. The quantitative estimate of drug-likeness (QED) is 0.829. The van der Waals surface area contributed by atoms with Gasteiger partial charge in [0.1, 0.15) is 0 Å². The first-order chi connectivity index (χ1) is 8.53. The summed E-state index contributed by atoms with van der Waals surface area (Å²) in [6, 6.07) is 4.36. The van der Waals surface area contributed by atoms with Crippen molar-refractivity contribution in [3.8, 4) is 6.07 Å². The molecule has 0 amide bonds. The van der Waals surface area contributed by atoms with Crippen LogP contribution in [0, 0.1) is 11.3 Å². The minimum Gasteiger partial charge on any atom is -0.469 e. The predicted molar refractivity (Wildman–Crippen MR) is 59.7 cm³/mol. The van der Waals surface area contributed by atoms with E-state index in [1.807, 2.05) is 0 Å². The molecule has 0 aliphatic carbocycles. The fraction of sp³-hybridized carbons (Fsp3) is 0.333. The van der Waals surface area contributed by atoms with Gasteiger partial charge in [-0.25, -0.2) is 8.78 Å². The fourth-order valence-electron chi connectivity index (χ4n) is 1.64. The van der Waals surface area contributed by atoms with Gasteiger partial charge in [-0.05, 0) is 17.2 Å². The molecule has 0 spiro atoms. The number of nitrogens with two attached hydrogens (primary N) is 1. The van der Waals surface area contributed by atoms with Gasteiger partial charge in [0, 0.05) is 12.1 Å². The van der Waals surface area contributed by atoms with E-state index in [0.29, 0.717) is 5.56 Å². The molecule has 0 unspecified atom stereocenters. The molecule has 0 fully saturated rings. The van der Waals surface area contributed by atoms with Crippen LogP contribution in [0.4, 0.5) is 8.78 Å². The van der Waals surface area contributed by atoms with Crippen molar-refractivity contribution in [3.63, 3.8) is 0 Å². The Bertz CT molecular complexity index is 496. The van der Waals surface area contributed by atoms with Crippen LogP contribution in [0.15, 0.2) is 12.1 Å². The molecule has 4 nitrogen and oxygen atoms in total. The number of carbonyl (C=O) groups is 1. The SMILES string of the molecule is COC(=O)Cc1cc(C#N)c(C(F)F)c(CN)c1. The Morgan fingerprint density at radius 2 is 2.22 bits per heavy atom. The van der Waals surface area contributed by atoms with Crippen molar-refractivity contribution in [2.24, 2.45) is 5.73 Å². The summed E-state index contributed by atoms with van der Waals surface area (Å²) in [4.78, 5) is 11.1. The number of benzene rings is 1. The van der Waals surface area contributed by atoms with Gasteiger partial charge in [0.25, 0.3) is 6.43 Å². The van der Waals surface area contributed by atoms with Crippen molar-refractivity contribution in [2.75, 3.05) is 7.11 Å². The summed E-state index contributed by atoms with van der Waals surface area (Å²) < 4.78 is 30.1. The van der Waals surface area contributed by atoms with E-state index >= 15 is 0 Å². The van der Waals surface area contributed by atoms with E-state index in [4.69, 9.17) is 11.0 Å². The van der Waals surface area contributed by atoms with Gasteiger partial charge in [-0.1, -0.05) is 6.07 Å². The number of hydrogen-bond donors (Lipinski definition) is 1. The smallest absolute Gasteiger partial charge is 0.309 e. The number of nitrogens with zero attached hydrogens (tertiary/aromatic N) is 1. The molecule has 0 atom stereocenters. The summed E-state index contributed by atoms with van der Waals surface area (Å²) in [6.07, 6.45) is -2.85. The third-order valence-electron chi connectivity index (χ3n) is 2.46. The molecule has 0 aromatic heterocycles. The van der Waals surface area contributed by atoms with Crippen molar-refractivity contribution in [1.29, 1.82) is 5.26 Å². The largest absolute Gasteiger partial charge is 0.469 e. The highest BCUT2D eigenvalue weighted by Gasteiger charge is 2.19. The lowest BCUT2D eigenvalue weighted by Gasteiger charge is -2.11.